The summed E-state index contributed by atoms with van der Waals surface area (Å²) in [6.45, 7) is 2.29. The summed E-state index contributed by atoms with van der Waals surface area (Å²) in [7, 11) is -3.57. The van der Waals surface area contributed by atoms with E-state index in [4.69, 9.17) is 0 Å². The number of sulfonamides is 1. The van der Waals surface area contributed by atoms with Gasteiger partial charge in [0.05, 0.1) is 4.90 Å². The number of halogens is 1. The van der Waals surface area contributed by atoms with Crippen LogP contribution in [-0.4, -0.2) is 49.8 Å². The quantitative estimate of drug-likeness (QED) is 0.838. The Morgan fingerprint density at radius 2 is 2.00 bits per heavy atom. The van der Waals surface area contributed by atoms with Gasteiger partial charge in [-0.25, -0.2) is 12.8 Å². The highest BCUT2D eigenvalue weighted by Gasteiger charge is 2.40. The zero-order chi connectivity index (χ0) is 13.5. The Morgan fingerprint density at radius 3 is 2.79 bits per heavy atom. The largest absolute Gasteiger partial charge is 0.300 e. The molecule has 104 valence electrons. The van der Waals surface area contributed by atoms with E-state index in [1.165, 1.54) is 12.1 Å². The monoisotopic (exact) mass is 284 g/mol. The van der Waals surface area contributed by atoms with Gasteiger partial charge in [-0.05, 0) is 19.0 Å². The Hall–Kier alpha value is -0.980. The van der Waals surface area contributed by atoms with Gasteiger partial charge in [0, 0.05) is 31.2 Å². The number of nitrogens with zero attached hydrogens (tertiary/aromatic N) is 2. The van der Waals surface area contributed by atoms with Crippen molar-refractivity contribution < 1.29 is 12.8 Å². The Kier molecular flexibility index (Phi) is 3.32. The van der Waals surface area contributed by atoms with E-state index in [0.29, 0.717) is 6.54 Å². The molecule has 4 nitrogen and oxygen atoms in total. The molecule has 1 aromatic carbocycles. The van der Waals surface area contributed by atoms with Crippen LogP contribution in [0.1, 0.15) is 12.0 Å². The molecule has 19 heavy (non-hydrogen) atoms. The summed E-state index contributed by atoms with van der Waals surface area (Å²) in [5.74, 6) is 0. The summed E-state index contributed by atoms with van der Waals surface area (Å²) in [5.41, 5.74) is 0.253. The standard InChI is InChI=1S/C13H17FN2O2S/c14-9-11-3-1-2-4-13(11)19(17,18)16-8-7-15-6-5-12(16)10-15/h1-4,12H,5-10H2. The van der Waals surface area contributed by atoms with E-state index >= 15 is 0 Å². The highest BCUT2D eigenvalue weighted by atomic mass is 32.2. The molecule has 0 radical (unpaired) electrons. The molecule has 2 atom stereocenters. The molecule has 6 heteroatoms. The Bertz CT molecular complexity index is 576. The van der Waals surface area contributed by atoms with E-state index in [1.807, 2.05) is 0 Å². The number of hydrogen-bond donors (Lipinski definition) is 0. The first-order valence-electron chi connectivity index (χ1n) is 6.51. The van der Waals surface area contributed by atoms with Crippen LogP contribution < -0.4 is 0 Å². The predicted molar refractivity (Wildman–Crippen MR) is 70.0 cm³/mol. The number of benzene rings is 1. The molecule has 2 unspecified atom stereocenters. The van der Waals surface area contributed by atoms with Crippen molar-refractivity contribution in [3.05, 3.63) is 29.8 Å². The molecule has 0 saturated carbocycles. The third-order valence-corrected chi connectivity index (χ3v) is 6.05. The number of alkyl halides is 1. The molecule has 0 amide bonds. The molecule has 3 rings (SSSR count). The lowest BCUT2D eigenvalue weighted by Gasteiger charge is -2.33. The van der Waals surface area contributed by atoms with Gasteiger partial charge in [-0.2, -0.15) is 4.31 Å². The Balaban J connectivity index is 1.98. The van der Waals surface area contributed by atoms with E-state index in [1.54, 1.807) is 16.4 Å². The fraction of sp³-hybridized carbons (Fsp3) is 0.538. The minimum atomic E-state index is -3.57. The van der Waals surface area contributed by atoms with Crippen LogP contribution in [0.2, 0.25) is 0 Å². The van der Waals surface area contributed by atoms with Gasteiger partial charge >= 0.3 is 0 Å². The van der Waals surface area contributed by atoms with Crippen LogP contribution in [-0.2, 0) is 16.7 Å². The summed E-state index contributed by atoms with van der Waals surface area (Å²) in [6.07, 6.45) is 0.872. The van der Waals surface area contributed by atoms with E-state index in [0.717, 1.165) is 26.1 Å². The zero-order valence-corrected chi connectivity index (χ0v) is 11.4. The van der Waals surface area contributed by atoms with Crippen LogP contribution in [0, 0.1) is 0 Å². The normalized spacial score (nSPS) is 27.6. The van der Waals surface area contributed by atoms with E-state index in [-0.39, 0.29) is 16.5 Å². The van der Waals surface area contributed by atoms with Crippen molar-refractivity contribution in [2.45, 2.75) is 24.0 Å². The SMILES string of the molecule is O=S(=O)(c1ccccc1CF)N1CCN2CCC1C2. The highest BCUT2D eigenvalue weighted by Crippen LogP contribution is 2.28. The van der Waals surface area contributed by atoms with Crippen molar-refractivity contribution >= 4 is 10.0 Å². The summed E-state index contributed by atoms with van der Waals surface area (Å²) in [6, 6.07) is 6.41. The maximum Gasteiger partial charge on any atom is 0.243 e. The van der Waals surface area contributed by atoms with Crippen LogP contribution in [0.15, 0.2) is 29.2 Å². The molecule has 2 bridgehead atoms. The molecule has 2 heterocycles. The van der Waals surface area contributed by atoms with Crippen molar-refractivity contribution in [3.63, 3.8) is 0 Å². The minimum Gasteiger partial charge on any atom is -0.300 e. The topological polar surface area (TPSA) is 40.6 Å². The van der Waals surface area contributed by atoms with Gasteiger partial charge < -0.3 is 4.90 Å². The second-order valence-corrected chi connectivity index (χ2v) is 6.96. The van der Waals surface area contributed by atoms with Gasteiger partial charge in [-0.1, -0.05) is 18.2 Å². The number of piperazine rings is 1. The molecular formula is C13H17FN2O2S. The van der Waals surface area contributed by atoms with E-state index < -0.39 is 16.7 Å². The molecule has 2 aliphatic rings. The number of fused-ring (bicyclic) bond motifs is 2. The third kappa shape index (κ3) is 2.17. The van der Waals surface area contributed by atoms with Crippen molar-refractivity contribution in [1.29, 1.82) is 0 Å². The predicted octanol–water partition coefficient (Wildman–Crippen LogP) is 1.23. The van der Waals surface area contributed by atoms with Gasteiger partial charge in [0.15, 0.2) is 0 Å². The molecule has 0 aromatic heterocycles. The Morgan fingerprint density at radius 1 is 1.21 bits per heavy atom. The maximum atomic E-state index is 13.0. The molecule has 2 aliphatic heterocycles. The molecule has 0 spiro atoms. The van der Waals surface area contributed by atoms with Crippen LogP contribution in [0.25, 0.3) is 0 Å². The van der Waals surface area contributed by atoms with Gasteiger partial charge in [0.1, 0.15) is 6.67 Å². The first-order chi connectivity index (χ1) is 9.13. The second kappa shape index (κ2) is 4.85. The first kappa shape index (κ1) is 13.0. The lowest BCUT2D eigenvalue weighted by molar-refractivity contribution is 0.213. The van der Waals surface area contributed by atoms with Crippen LogP contribution >= 0.6 is 0 Å². The zero-order valence-electron chi connectivity index (χ0n) is 10.6. The summed E-state index contributed by atoms with van der Waals surface area (Å²) in [4.78, 5) is 2.40. The lowest BCUT2D eigenvalue weighted by atomic mass is 10.2. The molecule has 2 fully saturated rings. The van der Waals surface area contributed by atoms with Crippen molar-refractivity contribution in [1.82, 2.24) is 9.21 Å². The minimum absolute atomic E-state index is 0.0476. The van der Waals surface area contributed by atoms with E-state index in [2.05, 4.69) is 4.90 Å². The molecule has 2 saturated heterocycles. The lowest BCUT2D eigenvalue weighted by Crippen LogP contribution is -2.49. The van der Waals surface area contributed by atoms with Gasteiger partial charge in [0.25, 0.3) is 0 Å². The summed E-state index contributed by atoms with van der Waals surface area (Å²) in [5, 5.41) is 0. The highest BCUT2D eigenvalue weighted by molar-refractivity contribution is 7.89. The number of rotatable bonds is 3. The Labute approximate surface area is 112 Å². The first-order valence-corrected chi connectivity index (χ1v) is 7.95. The molecule has 1 aromatic rings. The van der Waals surface area contributed by atoms with Gasteiger partial charge in [-0.3, -0.25) is 0 Å². The smallest absolute Gasteiger partial charge is 0.243 e. The van der Waals surface area contributed by atoms with Gasteiger partial charge in [0.2, 0.25) is 10.0 Å². The fourth-order valence-electron chi connectivity index (χ4n) is 2.98. The number of hydrogen-bond acceptors (Lipinski definition) is 3. The van der Waals surface area contributed by atoms with Crippen molar-refractivity contribution in [2.24, 2.45) is 0 Å². The third-order valence-electron chi connectivity index (χ3n) is 3.99. The maximum absolute atomic E-state index is 13.0. The van der Waals surface area contributed by atoms with Crippen LogP contribution in [0.3, 0.4) is 0 Å². The van der Waals surface area contributed by atoms with E-state index in [9.17, 15) is 12.8 Å². The van der Waals surface area contributed by atoms with Crippen molar-refractivity contribution in [3.8, 4) is 0 Å². The molecular weight excluding hydrogens is 267 g/mol. The average Bonchev–Trinajstić information content (AvgIpc) is 2.79. The van der Waals surface area contributed by atoms with Crippen molar-refractivity contribution in [2.75, 3.05) is 26.2 Å². The molecule has 0 aliphatic carbocycles. The van der Waals surface area contributed by atoms with Crippen LogP contribution in [0.5, 0.6) is 0 Å². The van der Waals surface area contributed by atoms with Gasteiger partial charge in [-0.15, -0.1) is 0 Å². The molecule has 0 N–H and O–H groups in total. The average molecular weight is 284 g/mol. The summed E-state index contributed by atoms with van der Waals surface area (Å²) >= 11 is 0. The van der Waals surface area contributed by atoms with Crippen LogP contribution in [0.4, 0.5) is 4.39 Å². The second-order valence-electron chi connectivity index (χ2n) is 5.10. The fourth-order valence-corrected chi connectivity index (χ4v) is 4.83. The summed E-state index contributed by atoms with van der Waals surface area (Å²) < 4.78 is 39.9.